The first kappa shape index (κ1) is 21.4. The molecule has 1 aliphatic heterocycles. The van der Waals surface area contributed by atoms with Crippen molar-refractivity contribution in [2.45, 2.75) is 52.6 Å². The summed E-state index contributed by atoms with van der Waals surface area (Å²) in [7, 11) is 0. The number of ether oxygens (including phenoxy) is 2. The van der Waals surface area contributed by atoms with Crippen LogP contribution in [0.1, 0.15) is 51.6 Å². The van der Waals surface area contributed by atoms with Crippen molar-refractivity contribution in [2.75, 3.05) is 26.3 Å². The van der Waals surface area contributed by atoms with Crippen LogP contribution in [0.4, 0.5) is 0 Å². The molecule has 2 heterocycles. The van der Waals surface area contributed by atoms with Gasteiger partial charge in [0.15, 0.2) is 0 Å². The van der Waals surface area contributed by atoms with Crippen LogP contribution in [0.2, 0.25) is 0 Å². The summed E-state index contributed by atoms with van der Waals surface area (Å²) in [6.07, 6.45) is 6.50. The number of piperidine rings is 1. The molecule has 158 valence electrons. The van der Waals surface area contributed by atoms with Gasteiger partial charge in [0.25, 0.3) is 0 Å². The van der Waals surface area contributed by atoms with Gasteiger partial charge in [-0.05, 0) is 58.7 Å². The average Bonchev–Trinajstić information content (AvgIpc) is 3.18. The number of carbonyl (C=O) groups excluding carboxylic acids is 1. The zero-order valence-corrected chi connectivity index (χ0v) is 17.8. The lowest BCUT2D eigenvalue weighted by Crippen LogP contribution is -2.49. The van der Waals surface area contributed by atoms with E-state index in [0.29, 0.717) is 32.2 Å². The Morgan fingerprint density at radius 3 is 2.76 bits per heavy atom. The molecule has 0 N–H and O–H groups in total. The van der Waals surface area contributed by atoms with Gasteiger partial charge in [-0.1, -0.05) is 18.2 Å². The van der Waals surface area contributed by atoms with Crippen LogP contribution in [-0.4, -0.2) is 47.0 Å². The smallest absolute Gasteiger partial charge is 0.313 e. The second-order valence-electron chi connectivity index (χ2n) is 8.15. The molecule has 1 saturated heterocycles. The van der Waals surface area contributed by atoms with Gasteiger partial charge in [-0.25, -0.2) is 0 Å². The summed E-state index contributed by atoms with van der Waals surface area (Å²) in [4.78, 5) is 15.3. The third-order valence-corrected chi connectivity index (χ3v) is 5.55. The van der Waals surface area contributed by atoms with Crippen LogP contribution in [-0.2, 0) is 16.1 Å². The lowest BCUT2D eigenvalue weighted by atomic mass is 9.77. The van der Waals surface area contributed by atoms with E-state index in [1.54, 1.807) is 0 Å². The molecular weight excluding hydrogens is 366 g/mol. The summed E-state index contributed by atoms with van der Waals surface area (Å²) in [5.41, 5.74) is 0.663. The zero-order valence-electron chi connectivity index (χ0n) is 17.8. The largest absolute Gasteiger partial charge is 0.494 e. The van der Waals surface area contributed by atoms with Crippen molar-refractivity contribution >= 4 is 5.97 Å². The van der Waals surface area contributed by atoms with E-state index in [2.05, 4.69) is 30.0 Å². The van der Waals surface area contributed by atoms with E-state index in [9.17, 15) is 4.79 Å². The maximum Gasteiger partial charge on any atom is 0.313 e. The van der Waals surface area contributed by atoms with Crippen molar-refractivity contribution < 1.29 is 14.3 Å². The first-order valence-electron chi connectivity index (χ1n) is 10.6. The SMILES string of the molecule is CCOC(=O)C1(CCOc2ccccc2)CCCN(Cc2cnn(C(C)C)c2)C1. The number of esters is 1. The van der Waals surface area contributed by atoms with Gasteiger partial charge in [0.1, 0.15) is 5.75 Å². The summed E-state index contributed by atoms with van der Waals surface area (Å²) in [5.74, 6) is 0.736. The molecule has 1 atom stereocenters. The maximum absolute atomic E-state index is 12.9. The Balaban J connectivity index is 1.66. The Labute approximate surface area is 173 Å². The zero-order chi connectivity index (χ0) is 20.7. The van der Waals surface area contributed by atoms with Crippen LogP contribution >= 0.6 is 0 Å². The molecule has 0 bridgehead atoms. The van der Waals surface area contributed by atoms with Gasteiger partial charge in [-0.15, -0.1) is 0 Å². The van der Waals surface area contributed by atoms with Gasteiger partial charge >= 0.3 is 5.97 Å². The molecule has 0 amide bonds. The van der Waals surface area contributed by atoms with Crippen molar-refractivity contribution in [3.05, 3.63) is 48.3 Å². The van der Waals surface area contributed by atoms with E-state index >= 15 is 0 Å². The van der Waals surface area contributed by atoms with Crippen LogP contribution in [0.5, 0.6) is 5.75 Å². The molecule has 0 aliphatic carbocycles. The molecule has 2 aromatic rings. The first-order valence-corrected chi connectivity index (χ1v) is 10.6. The number of nitrogens with zero attached hydrogens (tertiary/aromatic N) is 3. The molecule has 1 aromatic carbocycles. The molecule has 1 unspecified atom stereocenters. The van der Waals surface area contributed by atoms with Crippen molar-refractivity contribution in [1.29, 1.82) is 0 Å². The van der Waals surface area contributed by atoms with Gasteiger partial charge in [0, 0.05) is 30.9 Å². The number of hydrogen-bond acceptors (Lipinski definition) is 5. The fourth-order valence-corrected chi connectivity index (χ4v) is 4.00. The third-order valence-electron chi connectivity index (χ3n) is 5.55. The van der Waals surface area contributed by atoms with E-state index in [-0.39, 0.29) is 5.97 Å². The molecule has 3 rings (SSSR count). The monoisotopic (exact) mass is 399 g/mol. The molecular formula is C23H33N3O3. The Bertz CT molecular complexity index is 775. The summed E-state index contributed by atoms with van der Waals surface area (Å²) < 4.78 is 13.4. The summed E-state index contributed by atoms with van der Waals surface area (Å²) >= 11 is 0. The van der Waals surface area contributed by atoms with Crippen LogP contribution in [0.3, 0.4) is 0 Å². The van der Waals surface area contributed by atoms with Gasteiger partial charge in [-0.3, -0.25) is 14.4 Å². The predicted molar refractivity (Wildman–Crippen MR) is 113 cm³/mol. The van der Waals surface area contributed by atoms with Crippen LogP contribution < -0.4 is 4.74 Å². The predicted octanol–water partition coefficient (Wildman–Crippen LogP) is 4.08. The second-order valence-corrected chi connectivity index (χ2v) is 8.15. The molecule has 0 spiro atoms. The highest BCUT2D eigenvalue weighted by Crippen LogP contribution is 2.36. The Morgan fingerprint density at radius 2 is 2.07 bits per heavy atom. The molecule has 1 aliphatic rings. The lowest BCUT2D eigenvalue weighted by molar-refractivity contribution is -0.160. The van der Waals surface area contributed by atoms with Crippen molar-refractivity contribution in [3.8, 4) is 5.75 Å². The van der Waals surface area contributed by atoms with Crippen LogP contribution in [0, 0.1) is 5.41 Å². The topological polar surface area (TPSA) is 56.6 Å². The normalized spacial score (nSPS) is 20.0. The Morgan fingerprint density at radius 1 is 1.28 bits per heavy atom. The first-order chi connectivity index (χ1) is 14.0. The quantitative estimate of drug-likeness (QED) is 0.595. The number of rotatable bonds is 9. The highest BCUT2D eigenvalue weighted by Gasteiger charge is 2.43. The Hall–Kier alpha value is -2.34. The molecule has 1 fully saturated rings. The van der Waals surface area contributed by atoms with E-state index < -0.39 is 5.41 Å². The van der Waals surface area contributed by atoms with Crippen LogP contribution in [0.15, 0.2) is 42.7 Å². The minimum atomic E-state index is -0.517. The fourth-order valence-electron chi connectivity index (χ4n) is 4.00. The van der Waals surface area contributed by atoms with E-state index in [1.807, 2.05) is 48.1 Å². The minimum absolute atomic E-state index is 0.0979. The average molecular weight is 400 g/mol. The lowest BCUT2D eigenvalue weighted by Gasteiger charge is -2.40. The molecule has 1 aromatic heterocycles. The van der Waals surface area contributed by atoms with Crippen molar-refractivity contribution in [2.24, 2.45) is 5.41 Å². The van der Waals surface area contributed by atoms with Crippen molar-refractivity contribution in [1.82, 2.24) is 14.7 Å². The summed E-state index contributed by atoms with van der Waals surface area (Å²) in [6, 6.07) is 10.1. The fraction of sp³-hybridized carbons (Fsp3) is 0.565. The van der Waals surface area contributed by atoms with Crippen molar-refractivity contribution in [3.63, 3.8) is 0 Å². The standard InChI is InChI=1S/C23H33N3O3/c1-4-28-22(27)23(12-14-29-21-9-6-5-7-10-21)11-8-13-25(18-23)16-20-15-24-26(17-20)19(2)3/h5-7,9-10,15,17,19H,4,8,11-14,16,18H2,1-3H3. The second kappa shape index (κ2) is 9.92. The maximum atomic E-state index is 12.9. The summed E-state index contributed by atoms with van der Waals surface area (Å²) in [5, 5.41) is 4.44. The molecule has 6 heteroatoms. The van der Waals surface area contributed by atoms with Gasteiger partial charge in [0.05, 0.1) is 24.8 Å². The molecule has 29 heavy (non-hydrogen) atoms. The van der Waals surface area contributed by atoms with Gasteiger partial charge in [0.2, 0.25) is 0 Å². The number of carbonyl (C=O) groups is 1. The highest BCUT2D eigenvalue weighted by atomic mass is 16.5. The number of hydrogen-bond donors (Lipinski definition) is 0. The van der Waals surface area contributed by atoms with Crippen LogP contribution in [0.25, 0.3) is 0 Å². The third kappa shape index (κ3) is 5.60. The number of benzene rings is 1. The summed E-state index contributed by atoms with van der Waals surface area (Å²) in [6.45, 7) is 9.49. The number of aromatic nitrogens is 2. The molecule has 0 saturated carbocycles. The Kier molecular flexibility index (Phi) is 7.31. The van der Waals surface area contributed by atoms with E-state index in [4.69, 9.17) is 9.47 Å². The molecule has 0 radical (unpaired) electrons. The van der Waals surface area contributed by atoms with Gasteiger partial charge < -0.3 is 9.47 Å². The highest BCUT2D eigenvalue weighted by molar-refractivity contribution is 5.77. The number of para-hydroxylation sites is 1. The van der Waals surface area contributed by atoms with E-state index in [1.165, 1.54) is 5.56 Å². The molecule has 6 nitrogen and oxygen atoms in total. The minimum Gasteiger partial charge on any atom is -0.494 e. The number of likely N-dealkylation sites (tertiary alicyclic amines) is 1. The van der Waals surface area contributed by atoms with Gasteiger partial charge in [-0.2, -0.15) is 5.10 Å². The van der Waals surface area contributed by atoms with E-state index in [0.717, 1.165) is 31.7 Å².